The standard InChI is InChI=1S/C26H14.C2H6/c1-2-8-17-16(7-1)20-11-13-22-18-9-3-5-15-6-4-10-19(24(15)18)23-14-12-21(17)25(20)26(22)23;1-2/h1-14H;1-2H3. The molecule has 1 aliphatic rings. The second kappa shape index (κ2) is 5.56. The summed E-state index contributed by atoms with van der Waals surface area (Å²) in [5.74, 6) is 0. The zero-order chi connectivity index (χ0) is 18.8. The molecule has 0 nitrogen and oxygen atoms in total. The third kappa shape index (κ3) is 1.75. The van der Waals surface area contributed by atoms with E-state index in [2.05, 4.69) is 84.9 Å². The highest BCUT2D eigenvalue weighted by molar-refractivity contribution is 6.36. The van der Waals surface area contributed by atoms with Crippen molar-refractivity contribution >= 4 is 43.1 Å². The van der Waals surface area contributed by atoms with Crippen LogP contribution in [0, 0.1) is 0 Å². The molecule has 0 saturated heterocycles. The molecule has 0 aliphatic heterocycles. The monoisotopic (exact) mass is 356 g/mol. The Labute approximate surface area is 164 Å². The van der Waals surface area contributed by atoms with Gasteiger partial charge in [0.05, 0.1) is 0 Å². The minimum absolute atomic E-state index is 1.32. The first-order chi connectivity index (χ1) is 13.9. The van der Waals surface area contributed by atoms with Crippen LogP contribution in [-0.4, -0.2) is 0 Å². The quantitative estimate of drug-likeness (QED) is 0.189. The Bertz CT molecular complexity index is 1410. The van der Waals surface area contributed by atoms with Crippen molar-refractivity contribution in [2.45, 2.75) is 13.8 Å². The van der Waals surface area contributed by atoms with Crippen molar-refractivity contribution in [2.75, 3.05) is 0 Å². The molecule has 6 aromatic carbocycles. The smallest absolute Gasteiger partial charge is 0.00139 e. The fourth-order valence-corrected chi connectivity index (χ4v) is 5.14. The van der Waals surface area contributed by atoms with E-state index in [1.807, 2.05) is 13.8 Å². The molecule has 0 saturated carbocycles. The normalized spacial score (nSPS) is 11.9. The maximum Gasteiger partial charge on any atom is -0.00139 e. The lowest BCUT2D eigenvalue weighted by atomic mass is 9.88. The van der Waals surface area contributed by atoms with Gasteiger partial charge in [0, 0.05) is 0 Å². The van der Waals surface area contributed by atoms with Gasteiger partial charge in [0.25, 0.3) is 0 Å². The van der Waals surface area contributed by atoms with E-state index in [0.717, 1.165) is 0 Å². The largest absolute Gasteiger partial charge is 0.0683 e. The zero-order valence-electron chi connectivity index (χ0n) is 16.1. The van der Waals surface area contributed by atoms with E-state index in [0.29, 0.717) is 0 Å². The first-order valence-electron chi connectivity index (χ1n) is 10.1. The fourth-order valence-electron chi connectivity index (χ4n) is 5.14. The van der Waals surface area contributed by atoms with Crippen molar-refractivity contribution in [3.05, 3.63) is 84.9 Å². The molecular weight excluding hydrogens is 336 g/mol. The maximum atomic E-state index is 2.33. The van der Waals surface area contributed by atoms with Crippen LogP contribution in [0.25, 0.3) is 65.3 Å². The van der Waals surface area contributed by atoms with E-state index in [9.17, 15) is 0 Å². The highest BCUT2D eigenvalue weighted by Gasteiger charge is 2.24. The number of rotatable bonds is 0. The van der Waals surface area contributed by atoms with Crippen molar-refractivity contribution in [1.82, 2.24) is 0 Å². The Morgan fingerprint density at radius 3 is 1.39 bits per heavy atom. The minimum Gasteiger partial charge on any atom is -0.0683 e. The van der Waals surface area contributed by atoms with Gasteiger partial charge in [0.15, 0.2) is 0 Å². The van der Waals surface area contributed by atoms with Crippen molar-refractivity contribution in [1.29, 1.82) is 0 Å². The minimum atomic E-state index is 1.32. The third-order valence-corrected chi connectivity index (χ3v) is 6.15. The number of fused-ring (bicyclic) bond motifs is 5. The number of hydrogen-bond donors (Lipinski definition) is 0. The molecular formula is C28H20. The Morgan fingerprint density at radius 1 is 0.357 bits per heavy atom. The van der Waals surface area contributed by atoms with E-state index in [1.165, 1.54) is 65.3 Å². The number of benzene rings is 6. The molecule has 0 aromatic heterocycles. The van der Waals surface area contributed by atoms with E-state index in [-0.39, 0.29) is 0 Å². The summed E-state index contributed by atoms with van der Waals surface area (Å²) in [6.07, 6.45) is 0. The SMILES string of the molecule is CC.c1ccc2c(c1)-c1ccc3c4cccc5cccc(c6ccc-2c1c36)c54. The molecule has 0 heteroatoms. The summed E-state index contributed by atoms with van der Waals surface area (Å²) in [5.41, 5.74) is 5.48. The molecule has 7 rings (SSSR count). The summed E-state index contributed by atoms with van der Waals surface area (Å²) in [6.45, 7) is 4.00. The van der Waals surface area contributed by atoms with E-state index in [4.69, 9.17) is 0 Å². The van der Waals surface area contributed by atoms with Gasteiger partial charge in [-0.05, 0) is 65.3 Å². The van der Waals surface area contributed by atoms with Crippen molar-refractivity contribution in [3.63, 3.8) is 0 Å². The van der Waals surface area contributed by atoms with E-state index < -0.39 is 0 Å². The first kappa shape index (κ1) is 15.7. The van der Waals surface area contributed by atoms with Gasteiger partial charge in [0.1, 0.15) is 0 Å². The summed E-state index contributed by atoms with van der Waals surface area (Å²) in [7, 11) is 0. The van der Waals surface area contributed by atoms with E-state index >= 15 is 0 Å². The molecule has 0 atom stereocenters. The van der Waals surface area contributed by atoms with Crippen molar-refractivity contribution < 1.29 is 0 Å². The number of hydrogen-bond acceptors (Lipinski definition) is 0. The highest BCUT2D eigenvalue weighted by Crippen LogP contribution is 2.51. The van der Waals surface area contributed by atoms with Gasteiger partial charge < -0.3 is 0 Å². The predicted molar refractivity (Wildman–Crippen MR) is 123 cm³/mol. The molecule has 132 valence electrons. The third-order valence-electron chi connectivity index (χ3n) is 6.15. The lowest BCUT2D eigenvalue weighted by molar-refractivity contribution is 1.50. The van der Waals surface area contributed by atoms with Gasteiger partial charge >= 0.3 is 0 Å². The van der Waals surface area contributed by atoms with Crippen LogP contribution in [0.2, 0.25) is 0 Å². The lowest BCUT2D eigenvalue weighted by Crippen LogP contribution is -1.87. The Kier molecular flexibility index (Phi) is 3.11. The molecule has 28 heavy (non-hydrogen) atoms. The Morgan fingerprint density at radius 2 is 0.857 bits per heavy atom. The molecule has 0 bridgehead atoms. The molecule has 0 radical (unpaired) electrons. The van der Waals surface area contributed by atoms with Crippen molar-refractivity contribution in [2.24, 2.45) is 0 Å². The van der Waals surface area contributed by atoms with Crippen LogP contribution in [0.1, 0.15) is 13.8 Å². The summed E-state index contributed by atoms with van der Waals surface area (Å²) < 4.78 is 0. The summed E-state index contributed by atoms with van der Waals surface area (Å²) in [5, 5.41) is 11.0. The van der Waals surface area contributed by atoms with Gasteiger partial charge in [0.2, 0.25) is 0 Å². The van der Waals surface area contributed by atoms with E-state index in [1.54, 1.807) is 0 Å². The van der Waals surface area contributed by atoms with Crippen LogP contribution in [0.5, 0.6) is 0 Å². The Balaban J connectivity index is 0.000000756. The van der Waals surface area contributed by atoms with Crippen LogP contribution in [0.4, 0.5) is 0 Å². The summed E-state index contributed by atoms with van der Waals surface area (Å²) in [4.78, 5) is 0. The first-order valence-corrected chi connectivity index (χ1v) is 10.1. The van der Waals surface area contributed by atoms with Crippen molar-refractivity contribution in [3.8, 4) is 22.3 Å². The van der Waals surface area contributed by atoms with Gasteiger partial charge in [-0.15, -0.1) is 0 Å². The topological polar surface area (TPSA) is 0 Å². The van der Waals surface area contributed by atoms with Gasteiger partial charge in [-0.3, -0.25) is 0 Å². The van der Waals surface area contributed by atoms with Crippen LogP contribution in [0.15, 0.2) is 84.9 Å². The summed E-state index contributed by atoms with van der Waals surface area (Å²) in [6, 6.07) is 31.5. The average Bonchev–Trinajstić information content (AvgIpc) is 3.11. The molecule has 0 amide bonds. The van der Waals surface area contributed by atoms with Gasteiger partial charge in [-0.25, -0.2) is 0 Å². The van der Waals surface area contributed by atoms with Crippen LogP contribution in [-0.2, 0) is 0 Å². The summed E-state index contributed by atoms with van der Waals surface area (Å²) >= 11 is 0. The average molecular weight is 356 g/mol. The van der Waals surface area contributed by atoms with Gasteiger partial charge in [-0.1, -0.05) is 98.8 Å². The second-order valence-corrected chi connectivity index (χ2v) is 7.33. The molecule has 1 aliphatic carbocycles. The van der Waals surface area contributed by atoms with Crippen LogP contribution in [0.3, 0.4) is 0 Å². The molecule has 0 spiro atoms. The predicted octanol–water partition coefficient (Wildman–Crippen LogP) is 8.41. The molecule has 0 heterocycles. The van der Waals surface area contributed by atoms with Gasteiger partial charge in [-0.2, -0.15) is 0 Å². The van der Waals surface area contributed by atoms with Crippen LogP contribution < -0.4 is 0 Å². The molecule has 0 N–H and O–H groups in total. The lowest BCUT2D eigenvalue weighted by Gasteiger charge is -2.15. The van der Waals surface area contributed by atoms with Crippen LogP contribution >= 0.6 is 0 Å². The Hall–Kier alpha value is -3.38. The highest BCUT2D eigenvalue weighted by atomic mass is 14.3. The molecule has 0 unspecified atom stereocenters. The maximum absolute atomic E-state index is 2.33. The fraction of sp³-hybridized carbons (Fsp3) is 0.0714. The molecule has 0 fully saturated rings. The zero-order valence-corrected chi connectivity index (χ0v) is 16.1. The molecule has 6 aromatic rings. The second-order valence-electron chi connectivity index (χ2n) is 7.33.